The molecule has 2 nitrogen and oxygen atoms in total. The van der Waals surface area contributed by atoms with Gasteiger partial charge in [-0.25, -0.2) is 0 Å². The van der Waals surface area contributed by atoms with E-state index in [9.17, 15) is 9.59 Å². The minimum atomic E-state index is 0.0187. The molecule has 0 aliphatic rings. The fourth-order valence-corrected chi connectivity index (χ4v) is 0.698. The summed E-state index contributed by atoms with van der Waals surface area (Å²) in [5.41, 5.74) is 0. The number of hydrogen-bond acceptors (Lipinski definition) is 2. The van der Waals surface area contributed by atoms with Gasteiger partial charge in [0.25, 0.3) is 0 Å². The van der Waals surface area contributed by atoms with Crippen molar-refractivity contribution < 1.29 is 9.59 Å². The standard InChI is InChI=1S/C7H12O2/c1-6(4-8)3-7(2)5-9/h4-7H,3H2,1-2H3. The Morgan fingerprint density at radius 3 is 1.67 bits per heavy atom. The van der Waals surface area contributed by atoms with Crippen molar-refractivity contribution in [1.29, 1.82) is 0 Å². The molecular weight excluding hydrogens is 116 g/mol. The first-order valence-corrected chi connectivity index (χ1v) is 3.11. The average Bonchev–Trinajstić information content (AvgIpc) is 1.87. The molecule has 9 heavy (non-hydrogen) atoms. The Labute approximate surface area is 55.3 Å². The normalized spacial score (nSPS) is 16.2. The van der Waals surface area contributed by atoms with Crippen LogP contribution in [0.4, 0.5) is 0 Å². The van der Waals surface area contributed by atoms with Crippen LogP contribution in [0.3, 0.4) is 0 Å². The monoisotopic (exact) mass is 128 g/mol. The molecule has 0 aromatic carbocycles. The third-order valence-corrected chi connectivity index (χ3v) is 1.21. The van der Waals surface area contributed by atoms with Crippen LogP contribution in [0.1, 0.15) is 20.3 Å². The second kappa shape index (κ2) is 4.24. The number of aldehydes is 2. The predicted molar refractivity (Wildman–Crippen MR) is 35.1 cm³/mol. The van der Waals surface area contributed by atoms with Crippen LogP contribution in [0.5, 0.6) is 0 Å². The maximum atomic E-state index is 10.0. The molecular formula is C7H12O2. The van der Waals surface area contributed by atoms with Gasteiger partial charge in [0.15, 0.2) is 0 Å². The molecule has 0 amide bonds. The highest BCUT2D eigenvalue weighted by Gasteiger charge is 2.04. The first-order chi connectivity index (χ1) is 4.20. The molecule has 0 aromatic heterocycles. The van der Waals surface area contributed by atoms with Crippen LogP contribution >= 0.6 is 0 Å². The number of carbonyl (C=O) groups excluding carboxylic acids is 2. The Morgan fingerprint density at radius 2 is 1.44 bits per heavy atom. The third-order valence-electron chi connectivity index (χ3n) is 1.21. The molecule has 2 heteroatoms. The van der Waals surface area contributed by atoms with E-state index >= 15 is 0 Å². The van der Waals surface area contributed by atoms with Gasteiger partial charge in [0, 0.05) is 11.8 Å². The summed E-state index contributed by atoms with van der Waals surface area (Å²) in [7, 11) is 0. The van der Waals surface area contributed by atoms with Gasteiger partial charge in [-0.2, -0.15) is 0 Å². The fraction of sp³-hybridized carbons (Fsp3) is 0.714. The molecule has 0 radical (unpaired) electrons. The van der Waals surface area contributed by atoms with E-state index in [0.29, 0.717) is 6.42 Å². The lowest BCUT2D eigenvalue weighted by Gasteiger charge is -2.03. The molecule has 52 valence electrons. The highest BCUT2D eigenvalue weighted by Crippen LogP contribution is 2.05. The molecule has 0 aliphatic heterocycles. The third kappa shape index (κ3) is 3.88. The van der Waals surface area contributed by atoms with Gasteiger partial charge in [-0.05, 0) is 6.42 Å². The predicted octanol–water partition coefficient (Wildman–Crippen LogP) is 1.05. The van der Waals surface area contributed by atoms with E-state index in [2.05, 4.69) is 0 Å². The molecule has 2 unspecified atom stereocenters. The summed E-state index contributed by atoms with van der Waals surface area (Å²) in [4.78, 5) is 20.1. The molecule has 0 aromatic rings. The van der Waals surface area contributed by atoms with Gasteiger partial charge in [-0.15, -0.1) is 0 Å². The SMILES string of the molecule is CC(C=O)CC(C)C=O. The zero-order valence-corrected chi connectivity index (χ0v) is 5.83. The zero-order chi connectivity index (χ0) is 7.28. The lowest BCUT2D eigenvalue weighted by atomic mass is 10.0. The summed E-state index contributed by atoms with van der Waals surface area (Å²) in [5.74, 6) is 0.0374. The van der Waals surface area contributed by atoms with Crippen molar-refractivity contribution in [3.63, 3.8) is 0 Å². The molecule has 0 spiro atoms. The molecule has 0 rings (SSSR count). The Kier molecular flexibility index (Phi) is 3.93. The minimum Gasteiger partial charge on any atom is -0.303 e. The number of rotatable bonds is 4. The van der Waals surface area contributed by atoms with Crippen LogP contribution in [-0.2, 0) is 9.59 Å². The van der Waals surface area contributed by atoms with Crippen LogP contribution < -0.4 is 0 Å². The molecule has 0 bridgehead atoms. The van der Waals surface area contributed by atoms with Crippen molar-refractivity contribution in [3.8, 4) is 0 Å². The van der Waals surface area contributed by atoms with Crippen LogP contribution in [0, 0.1) is 11.8 Å². The lowest BCUT2D eigenvalue weighted by molar-refractivity contribution is -0.113. The molecule has 0 N–H and O–H groups in total. The average molecular weight is 128 g/mol. The Balaban J connectivity index is 3.45. The Morgan fingerprint density at radius 1 is 1.11 bits per heavy atom. The van der Waals surface area contributed by atoms with Gasteiger partial charge in [-0.3, -0.25) is 0 Å². The molecule has 0 heterocycles. The number of hydrogen-bond donors (Lipinski definition) is 0. The van der Waals surface area contributed by atoms with Gasteiger partial charge < -0.3 is 9.59 Å². The van der Waals surface area contributed by atoms with Crippen molar-refractivity contribution in [2.75, 3.05) is 0 Å². The zero-order valence-electron chi connectivity index (χ0n) is 5.83. The summed E-state index contributed by atoms with van der Waals surface area (Å²) >= 11 is 0. The fourth-order valence-electron chi connectivity index (χ4n) is 0.698. The molecule has 0 fully saturated rings. The summed E-state index contributed by atoms with van der Waals surface area (Å²) in [5, 5.41) is 0. The molecule has 0 aliphatic carbocycles. The quantitative estimate of drug-likeness (QED) is 0.530. The largest absolute Gasteiger partial charge is 0.303 e. The van der Waals surface area contributed by atoms with Crippen molar-refractivity contribution in [2.45, 2.75) is 20.3 Å². The van der Waals surface area contributed by atoms with Gasteiger partial charge in [0.1, 0.15) is 12.6 Å². The second-order valence-electron chi connectivity index (χ2n) is 2.46. The maximum absolute atomic E-state index is 10.0. The lowest BCUT2D eigenvalue weighted by Crippen LogP contribution is -2.04. The maximum Gasteiger partial charge on any atom is 0.122 e. The minimum absolute atomic E-state index is 0.0187. The van der Waals surface area contributed by atoms with Gasteiger partial charge >= 0.3 is 0 Å². The van der Waals surface area contributed by atoms with E-state index in [1.165, 1.54) is 0 Å². The van der Waals surface area contributed by atoms with Crippen LogP contribution in [0.25, 0.3) is 0 Å². The van der Waals surface area contributed by atoms with Crippen LogP contribution in [0.15, 0.2) is 0 Å². The van der Waals surface area contributed by atoms with Gasteiger partial charge in [0.2, 0.25) is 0 Å². The highest BCUT2D eigenvalue weighted by molar-refractivity contribution is 5.57. The first kappa shape index (κ1) is 8.34. The van der Waals surface area contributed by atoms with Crippen molar-refractivity contribution in [2.24, 2.45) is 11.8 Å². The summed E-state index contributed by atoms with van der Waals surface area (Å²) < 4.78 is 0. The highest BCUT2D eigenvalue weighted by atomic mass is 16.1. The summed E-state index contributed by atoms with van der Waals surface area (Å²) in [6.45, 7) is 3.62. The van der Waals surface area contributed by atoms with Crippen molar-refractivity contribution in [1.82, 2.24) is 0 Å². The molecule has 2 atom stereocenters. The van der Waals surface area contributed by atoms with Crippen molar-refractivity contribution >= 4 is 12.6 Å². The van der Waals surface area contributed by atoms with E-state index in [1.54, 1.807) is 0 Å². The number of carbonyl (C=O) groups is 2. The van der Waals surface area contributed by atoms with Crippen LogP contribution in [0.2, 0.25) is 0 Å². The Bertz CT molecular complexity index is 87.1. The first-order valence-electron chi connectivity index (χ1n) is 3.11. The molecule has 0 saturated carbocycles. The smallest absolute Gasteiger partial charge is 0.122 e. The van der Waals surface area contributed by atoms with E-state index in [-0.39, 0.29) is 11.8 Å². The van der Waals surface area contributed by atoms with E-state index < -0.39 is 0 Å². The molecule has 0 saturated heterocycles. The van der Waals surface area contributed by atoms with E-state index in [0.717, 1.165) is 12.6 Å². The second-order valence-corrected chi connectivity index (χ2v) is 2.46. The van der Waals surface area contributed by atoms with Gasteiger partial charge in [-0.1, -0.05) is 13.8 Å². The van der Waals surface area contributed by atoms with Gasteiger partial charge in [0.05, 0.1) is 0 Å². The van der Waals surface area contributed by atoms with Crippen LogP contribution in [-0.4, -0.2) is 12.6 Å². The summed E-state index contributed by atoms with van der Waals surface area (Å²) in [6, 6.07) is 0. The van der Waals surface area contributed by atoms with E-state index in [4.69, 9.17) is 0 Å². The van der Waals surface area contributed by atoms with E-state index in [1.807, 2.05) is 13.8 Å². The Hall–Kier alpha value is -0.660. The van der Waals surface area contributed by atoms with Crippen molar-refractivity contribution in [3.05, 3.63) is 0 Å². The topological polar surface area (TPSA) is 34.1 Å². The summed E-state index contributed by atoms with van der Waals surface area (Å²) in [6.07, 6.45) is 2.42.